The highest BCUT2D eigenvalue weighted by Crippen LogP contribution is 2.27. The molecule has 2 N–H and O–H groups in total. The fraction of sp³-hybridized carbons (Fsp3) is 0.227. The smallest absolute Gasteiger partial charge is 0.337 e. The summed E-state index contributed by atoms with van der Waals surface area (Å²) in [7, 11) is 1.30. The number of methoxy groups -OCH3 is 1. The third-order valence-electron chi connectivity index (χ3n) is 4.43. The zero-order valence-corrected chi connectivity index (χ0v) is 16.8. The lowest BCUT2D eigenvalue weighted by Gasteiger charge is -2.16. The molecule has 0 aliphatic heterocycles. The number of fused-ring (bicyclic) bond motifs is 1. The van der Waals surface area contributed by atoms with E-state index in [4.69, 9.17) is 4.74 Å². The zero-order valence-electron chi connectivity index (χ0n) is 16.8. The Morgan fingerprint density at radius 1 is 1.03 bits per heavy atom. The molecule has 1 heterocycles. The van der Waals surface area contributed by atoms with Gasteiger partial charge in [-0.2, -0.15) is 0 Å². The van der Waals surface area contributed by atoms with Gasteiger partial charge in [0.05, 0.1) is 35.1 Å². The van der Waals surface area contributed by atoms with Crippen molar-refractivity contribution in [3.8, 4) is 0 Å². The van der Waals surface area contributed by atoms with Gasteiger partial charge in [-0.15, -0.1) is 0 Å². The molecule has 0 unspecified atom stereocenters. The van der Waals surface area contributed by atoms with E-state index >= 15 is 0 Å². The number of amides is 1. The van der Waals surface area contributed by atoms with Crippen LogP contribution in [0.5, 0.6) is 0 Å². The molecule has 3 aromatic rings. The molecule has 1 amide bonds. The fourth-order valence-electron chi connectivity index (χ4n) is 3.14. The fourth-order valence-corrected chi connectivity index (χ4v) is 3.14. The van der Waals surface area contributed by atoms with Crippen LogP contribution in [0.4, 0.5) is 11.4 Å². The van der Waals surface area contributed by atoms with Gasteiger partial charge in [-0.1, -0.05) is 18.2 Å². The Morgan fingerprint density at radius 3 is 2.41 bits per heavy atom. The van der Waals surface area contributed by atoms with E-state index in [-0.39, 0.29) is 17.9 Å². The number of anilines is 2. The maximum absolute atomic E-state index is 13.1. The predicted octanol–water partition coefficient (Wildman–Crippen LogP) is 4.16. The second-order valence-corrected chi connectivity index (χ2v) is 6.95. The van der Waals surface area contributed by atoms with Gasteiger partial charge in [0.15, 0.2) is 0 Å². The van der Waals surface area contributed by atoms with Gasteiger partial charge < -0.3 is 15.4 Å². The summed E-state index contributed by atoms with van der Waals surface area (Å²) < 4.78 is 6.22. The van der Waals surface area contributed by atoms with Crippen molar-refractivity contribution in [1.82, 2.24) is 4.57 Å². The number of nitrogens with one attached hydrogen (secondary N) is 2. The first kappa shape index (κ1) is 20.1. The van der Waals surface area contributed by atoms with Gasteiger partial charge in [0.25, 0.3) is 5.91 Å². The summed E-state index contributed by atoms with van der Waals surface area (Å²) >= 11 is 0. The average Bonchev–Trinajstić information content (AvgIpc) is 3.08. The molecule has 0 atom stereocenters. The number of benzene rings is 2. The summed E-state index contributed by atoms with van der Waals surface area (Å²) in [6.45, 7) is 5.39. The van der Waals surface area contributed by atoms with Gasteiger partial charge >= 0.3 is 5.97 Å². The van der Waals surface area contributed by atoms with Crippen molar-refractivity contribution in [3.63, 3.8) is 0 Å². The topological polar surface area (TPSA) is 89.4 Å². The monoisotopic (exact) mass is 393 g/mol. The van der Waals surface area contributed by atoms with Crippen molar-refractivity contribution in [1.29, 1.82) is 0 Å². The first-order valence-corrected chi connectivity index (χ1v) is 9.23. The SMILES string of the molecule is COC(=O)c1ccc(NC(C)C)c(NC(=O)c2cn(C(C)=O)c3ccccc23)c1. The number of rotatable bonds is 5. The number of esters is 1. The zero-order chi connectivity index (χ0) is 21.1. The molecule has 0 saturated carbocycles. The Morgan fingerprint density at radius 2 is 1.76 bits per heavy atom. The molecule has 0 radical (unpaired) electrons. The van der Waals surface area contributed by atoms with Gasteiger partial charge in [-0.05, 0) is 38.1 Å². The number of ether oxygens (including phenoxy) is 1. The molecule has 0 aliphatic rings. The largest absolute Gasteiger partial charge is 0.465 e. The van der Waals surface area contributed by atoms with Crippen molar-refractivity contribution in [2.24, 2.45) is 0 Å². The lowest BCUT2D eigenvalue weighted by molar-refractivity contribution is 0.0600. The van der Waals surface area contributed by atoms with Crippen LogP contribution in [0.15, 0.2) is 48.7 Å². The summed E-state index contributed by atoms with van der Waals surface area (Å²) in [4.78, 5) is 36.9. The minimum atomic E-state index is -0.496. The molecule has 0 spiro atoms. The minimum Gasteiger partial charge on any atom is -0.465 e. The van der Waals surface area contributed by atoms with Gasteiger partial charge in [0.1, 0.15) is 0 Å². The van der Waals surface area contributed by atoms with Crippen LogP contribution in [0.1, 0.15) is 46.3 Å². The standard InChI is InChI=1S/C22H23N3O4/c1-13(2)23-18-10-9-15(22(28)29-4)11-19(18)24-21(27)17-12-25(14(3)26)20-8-6-5-7-16(17)20/h5-13,23H,1-4H3,(H,24,27). The number of nitrogens with zero attached hydrogens (tertiary/aromatic N) is 1. The van der Waals surface area contributed by atoms with Crippen LogP contribution < -0.4 is 10.6 Å². The number of aromatic nitrogens is 1. The molecule has 0 bridgehead atoms. The predicted molar refractivity (Wildman–Crippen MR) is 113 cm³/mol. The van der Waals surface area contributed by atoms with E-state index in [0.29, 0.717) is 33.4 Å². The van der Waals surface area contributed by atoms with Crippen LogP contribution in [0, 0.1) is 0 Å². The molecule has 0 saturated heterocycles. The Labute approximate surface area is 168 Å². The van der Waals surface area contributed by atoms with Gasteiger partial charge in [-0.3, -0.25) is 14.2 Å². The lowest BCUT2D eigenvalue weighted by atomic mass is 10.1. The molecule has 29 heavy (non-hydrogen) atoms. The summed E-state index contributed by atoms with van der Waals surface area (Å²) in [5, 5.41) is 6.78. The Bertz CT molecular complexity index is 1100. The summed E-state index contributed by atoms with van der Waals surface area (Å²) in [6, 6.07) is 12.3. The number of para-hydroxylation sites is 1. The van der Waals surface area contributed by atoms with Crippen molar-refractivity contribution in [3.05, 3.63) is 59.8 Å². The Kier molecular flexibility index (Phi) is 5.68. The number of hydrogen-bond donors (Lipinski definition) is 2. The van der Waals surface area contributed by atoms with E-state index < -0.39 is 5.97 Å². The van der Waals surface area contributed by atoms with E-state index in [1.807, 2.05) is 26.0 Å². The van der Waals surface area contributed by atoms with Crippen LogP contribution in [0.25, 0.3) is 10.9 Å². The van der Waals surface area contributed by atoms with E-state index in [1.165, 1.54) is 24.8 Å². The first-order valence-electron chi connectivity index (χ1n) is 9.23. The summed E-state index contributed by atoms with van der Waals surface area (Å²) in [5.41, 5.74) is 2.48. The Hall–Kier alpha value is -3.61. The van der Waals surface area contributed by atoms with Gasteiger partial charge in [0, 0.05) is 24.5 Å². The maximum atomic E-state index is 13.1. The third kappa shape index (κ3) is 4.13. The van der Waals surface area contributed by atoms with Gasteiger partial charge in [0.2, 0.25) is 5.91 Å². The van der Waals surface area contributed by atoms with Crippen molar-refractivity contribution >= 4 is 40.1 Å². The second kappa shape index (κ2) is 8.18. The van der Waals surface area contributed by atoms with Gasteiger partial charge in [-0.25, -0.2) is 4.79 Å². The van der Waals surface area contributed by atoms with Crippen LogP contribution in [0.3, 0.4) is 0 Å². The van der Waals surface area contributed by atoms with E-state index in [9.17, 15) is 14.4 Å². The van der Waals surface area contributed by atoms with Crippen molar-refractivity contribution in [2.75, 3.05) is 17.7 Å². The molecule has 1 aromatic heterocycles. The number of carbonyl (C=O) groups excluding carboxylic acids is 3. The van der Waals surface area contributed by atoms with Crippen molar-refractivity contribution in [2.45, 2.75) is 26.8 Å². The van der Waals surface area contributed by atoms with E-state index in [0.717, 1.165) is 0 Å². The normalized spacial score (nSPS) is 10.8. The van der Waals surface area contributed by atoms with Crippen LogP contribution in [0.2, 0.25) is 0 Å². The molecular weight excluding hydrogens is 370 g/mol. The first-order chi connectivity index (χ1) is 13.8. The number of hydrogen-bond acceptors (Lipinski definition) is 5. The summed E-state index contributed by atoms with van der Waals surface area (Å²) in [6.07, 6.45) is 1.53. The molecule has 3 rings (SSSR count). The lowest BCUT2D eigenvalue weighted by Crippen LogP contribution is -2.17. The highest BCUT2D eigenvalue weighted by atomic mass is 16.5. The third-order valence-corrected chi connectivity index (χ3v) is 4.43. The molecule has 7 nitrogen and oxygen atoms in total. The number of carbonyl (C=O) groups is 3. The highest BCUT2D eigenvalue weighted by molar-refractivity contribution is 6.15. The van der Waals surface area contributed by atoms with Crippen molar-refractivity contribution < 1.29 is 19.1 Å². The molecular formula is C22H23N3O4. The average molecular weight is 393 g/mol. The molecule has 2 aromatic carbocycles. The molecule has 0 fully saturated rings. The van der Waals surface area contributed by atoms with Crippen LogP contribution in [-0.2, 0) is 4.74 Å². The van der Waals surface area contributed by atoms with Crippen LogP contribution >= 0.6 is 0 Å². The van der Waals surface area contributed by atoms with E-state index in [2.05, 4.69) is 10.6 Å². The van der Waals surface area contributed by atoms with E-state index in [1.54, 1.807) is 30.3 Å². The molecule has 150 valence electrons. The molecule has 0 aliphatic carbocycles. The Balaban J connectivity index is 2.03. The highest BCUT2D eigenvalue weighted by Gasteiger charge is 2.19. The quantitative estimate of drug-likeness (QED) is 0.636. The maximum Gasteiger partial charge on any atom is 0.337 e. The second-order valence-electron chi connectivity index (χ2n) is 6.95. The van der Waals surface area contributed by atoms with Crippen LogP contribution in [-0.4, -0.2) is 35.5 Å². The molecule has 7 heteroatoms. The summed E-state index contributed by atoms with van der Waals surface area (Å²) in [5.74, 6) is -1.06. The minimum absolute atomic E-state index is 0.120.